The quantitative estimate of drug-likeness (QED) is 0.823. The van der Waals surface area contributed by atoms with Gasteiger partial charge in [0.05, 0.1) is 0 Å². The van der Waals surface area contributed by atoms with Gasteiger partial charge in [-0.1, -0.05) is 34.1 Å². The van der Waals surface area contributed by atoms with E-state index in [1.165, 1.54) is 0 Å². The van der Waals surface area contributed by atoms with E-state index < -0.39 is 7.52 Å². The first-order valence-electron chi connectivity index (χ1n) is 5.41. The third-order valence-electron chi connectivity index (χ3n) is 2.20. The van der Waals surface area contributed by atoms with Crippen molar-refractivity contribution in [2.75, 3.05) is 11.8 Å². The van der Waals surface area contributed by atoms with Gasteiger partial charge in [-0.25, -0.2) is 0 Å². The minimum absolute atomic E-state index is 0.591. The van der Waals surface area contributed by atoms with Gasteiger partial charge in [-0.2, -0.15) is 0 Å². The first-order chi connectivity index (χ1) is 8.55. The lowest BCUT2D eigenvalue weighted by Crippen LogP contribution is -2.01. The highest BCUT2D eigenvalue weighted by molar-refractivity contribution is 9.10. The summed E-state index contributed by atoms with van der Waals surface area (Å²) in [6.45, 7) is 1.56. The van der Waals surface area contributed by atoms with Crippen LogP contribution in [0.25, 0.3) is 0 Å². The van der Waals surface area contributed by atoms with Crippen molar-refractivity contribution in [2.45, 2.75) is 0 Å². The van der Waals surface area contributed by atoms with Gasteiger partial charge in [0.25, 0.3) is 0 Å². The summed E-state index contributed by atoms with van der Waals surface area (Å²) in [4.78, 5) is 0. The molecule has 0 aromatic heterocycles. The van der Waals surface area contributed by atoms with Crippen LogP contribution in [-0.4, -0.2) is 6.66 Å². The molecule has 0 amide bonds. The summed E-state index contributed by atoms with van der Waals surface area (Å²) >= 11 is 3.35. The Labute approximate surface area is 115 Å². The lowest BCUT2D eigenvalue weighted by molar-refractivity contribution is 0.493. The molecule has 2 aromatic carbocycles. The largest absolute Gasteiger partial charge is 0.429 e. The third kappa shape index (κ3) is 3.90. The Kier molecular flexibility index (Phi) is 4.10. The van der Waals surface area contributed by atoms with Crippen molar-refractivity contribution in [2.24, 2.45) is 0 Å². The van der Waals surface area contributed by atoms with Gasteiger partial charge in [0, 0.05) is 16.8 Å². The van der Waals surface area contributed by atoms with Crippen LogP contribution in [0.1, 0.15) is 0 Å². The summed E-state index contributed by atoms with van der Waals surface area (Å²) in [6.07, 6.45) is 0. The van der Waals surface area contributed by atoms with E-state index >= 15 is 0 Å². The maximum absolute atomic E-state index is 12.3. The predicted molar refractivity (Wildman–Crippen MR) is 78.4 cm³/mol. The van der Waals surface area contributed by atoms with Crippen molar-refractivity contribution in [3.63, 3.8) is 0 Å². The van der Waals surface area contributed by atoms with Crippen LogP contribution < -0.4 is 9.61 Å². The molecule has 0 aliphatic rings. The second-order valence-corrected chi connectivity index (χ2v) is 6.88. The summed E-state index contributed by atoms with van der Waals surface area (Å²) in [7, 11) is -2.92. The van der Waals surface area contributed by atoms with Gasteiger partial charge in [0.2, 0.25) is 0 Å². The minimum atomic E-state index is -2.92. The molecule has 1 atom stereocenters. The van der Waals surface area contributed by atoms with E-state index in [1.807, 2.05) is 42.5 Å². The van der Waals surface area contributed by atoms with E-state index in [-0.39, 0.29) is 0 Å². The maximum Gasteiger partial charge on any atom is 0.338 e. The molecule has 0 spiro atoms. The third-order valence-corrected chi connectivity index (χ3v) is 3.95. The summed E-state index contributed by atoms with van der Waals surface area (Å²) in [5, 5.41) is 2.91. The predicted octanol–water partition coefficient (Wildman–Crippen LogP) is 4.76. The van der Waals surface area contributed by atoms with Crippen LogP contribution in [0.5, 0.6) is 5.75 Å². The van der Waals surface area contributed by atoms with Crippen LogP contribution in [-0.2, 0) is 4.57 Å². The Morgan fingerprint density at radius 3 is 2.28 bits per heavy atom. The molecule has 0 saturated heterocycles. The highest BCUT2D eigenvalue weighted by Gasteiger charge is 2.16. The fourth-order valence-corrected chi connectivity index (χ4v) is 2.92. The molecule has 0 aliphatic carbocycles. The molecule has 1 unspecified atom stereocenters. The number of para-hydroxylation sites is 1. The standard InChI is InChI=1S/C13H13BrNO2P/c1-18(16,17-13-5-3-2-4-6-13)15-12-9-7-11(14)8-10-12/h2-10H,1H3,(H,15,16). The molecule has 2 rings (SSSR count). The maximum atomic E-state index is 12.3. The van der Waals surface area contributed by atoms with Crippen LogP contribution in [0.2, 0.25) is 0 Å². The van der Waals surface area contributed by atoms with E-state index in [4.69, 9.17) is 4.52 Å². The molecular weight excluding hydrogens is 313 g/mol. The molecule has 94 valence electrons. The Hall–Kier alpha value is -1.25. The molecule has 0 aliphatic heterocycles. The van der Waals surface area contributed by atoms with Gasteiger partial charge < -0.3 is 9.61 Å². The molecule has 0 fully saturated rings. The Balaban J connectivity index is 2.08. The molecule has 5 heteroatoms. The summed E-state index contributed by atoms with van der Waals surface area (Å²) in [5.74, 6) is 0.591. The van der Waals surface area contributed by atoms with E-state index in [2.05, 4.69) is 21.0 Å². The van der Waals surface area contributed by atoms with E-state index in [0.29, 0.717) is 5.75 Å². The van der Waals surface area contributed by atoms with Crippen molar-refractivity contribution in [3.8, 4) is 5.75 Å². The molecule has 0 radical (unpaired) electrons. The van der Waals surface area contributed by atoms with Gasteiger partial charge in [0.15, 0.2) is 0 Å². The summed E-state index contributed by atoms with van der Waals surface area (Å²) in [6, 6.07) is 16.6. The Bertz CT molecular complexity index is 557. The molecule has 0 heterocycles. The van der Waals surface area contributed by atoms with Crippen LogP contribution in [0.4, 0.5) is 5.69 Å². The Morgan fingerprint density at radius 1 is 1.06 bits per heavy atom. The molecule has 3 nitrogen and oxygen atoms in total. The summed E-state index contributed by atoms with van der Waals surface area (Å²) < 4.78 is 18.7. The van der Waals surface area contributed by atoms with Crippen molar-refractivity contribution in [1.29, 1.82) is 0 Å². The second kappa shape index (κ2) is 5.59. The van der Waals surface area contributed by atoms with Crippen molar-refractivity contribution < 1.29 is 9.09 Å². The number of rotatable bonds is 4. The van der Waals surface area contributed by atoms with Gasteiger partial charge in [-0.3, -0.25) is 4.57 Å². The van der Waals surface area contributed by atoms with Gasteiger partial charge >= 0.3 is 7.52 Å². The number of benzene rings is 2. The number of anilines is 1. The lowest BCUT2D eigenvalue weighted by atomic mass is 10.3. The first kappa shape index (κ1) is 13.2. The lowest BCUT2D eigenvalue weighted by Gasteiger charge is -2.17. The molecule has 0 bridgehead atoms. The molecule has 0 saturated carbocycles. The second-order valence-electron chi connectivity index (χ2n) is 3.87. The summed E-state index contributed by atoms with van der Waals surface area (Å²) in [5.41, 5.74) is 0.764. The van der Waals surface area contributed by atoms with Crippen LogP contribution >= 0.6 is 23.4 Å². The topological polar surface area (TPSA) is 38.3 Å². The average Bonchev–Trinajstić information content (AvgIpc) is 2.32. The van der Waals surface area contributed by atoms with Crippen LogP contribution in [0.15, 0.2) is 59.1 Å². The molecule has 18 heavy (non-hydrogen) atoms. The van der Waals surface area contributed by atoms with Crippen molar-refractivity contribution in [1.82, 2.24) is 0 Å². The number of halogens is 1. The highest BCUT2D eigenvalue weighted by atomic mass is 79.9. The number of nitrogens with one attached hydrogen (secondary N) is 1. The SMILES string of the molecule is CP(=O)(Nc1ccc(Br)cc1)Oc1ccccc1. The van der Waals surface area contributed by atoms with Gasteiger partial charge in [0.1, 0.15) is 5.75 Å². The smallest absolute Gasteiger partial charge is 0.338 e. The zero-order chi connectivity index (χ0) is 13.0. The zero-order valence-corrected chi connectivity index (χ0v) is 12.3. The van der Waals surface area contributed by atoms with E-state index in [0.717, 1.165) is 10.2 Å². The number of hydrogen-bond donors (Lipinski definition) is 1. The molecular formula is C13H13BrNO2P. The molecule has 2 aromatic rings. The monoisotopic (exact) mass is 325 g/mol. The van der Waals surface area contributed by atoms with Crippen molar-refractivity contribution in [3.05, 3.63) is 59.1 Å². The average molecular weight is 326 g/mol. The normalized spacial score (nSPS) is 13.7. The van der Waals surface area contributed by atoms with Crippen LogP contribution in [0.3, 0.4) is 0 Å². The van der Waals surface area contributed by atoms with E-state index in [9.17, 15) is 4.57 Å². The van der Waals surface area contributed by atoms with Gasteiger partial charge in [-0.05, 0) is 36.4 Å². The number of hydrogen-bond acceptors (Lipinski definition) is 2. The van der Waals surface area contributed by atoms with Crippen molar-refractivity contribution >= 4 is 29.1 Å². The molecule has 1 N–H and O–H groups in total. The van der Waals surface area contributed by atoms with Gasteiger partial charge in [-0.15, -0.1) is 0 Å². The Morgan fingerprint density at radius 2 is 1.67 bits per heavy atom. The first-order valence-corrected chi connectivity index (χ1v) is 8.28. The fourth-order valence-electron chi connectivity index (χ4n) is 1.46. The highest BCUT2D eigenvalue weighted by Crippen LogP contribution is 2.43. The fraction of sp³-hybridized carbons (Fsp3) is 0.0769. The van der Waals surface area contributed by atoms with E-state index in [1.54, 1.807) is 18.8 Å². The zero-order valence-electron chi connectivity index (χ0n) is 9.84. The van der Waals surface area contributed by atoms with Crippen LogP contribution in [0, 0.1) is 0 Å². The minimum Gasteiger partial charge on any atom is -0.429 e.